The molecule has 0 fully saturated rings. The van der Waals surface area contributed by atoms with E-state index >= 15 is 0 Å². The predicted octanol–water partition coefficient (Wildman–Crippen LogP) is 2.62. The van der Waals surface area contributed by atoms with E-state index in [0.29, 0.717) is 22.4 Å². The van der Waals surface area contributed by atoms with E-state index in [1.807, 2.05) is 21.1 Å². The number of hydrogen-bond donors (Lipinski definition) is 0. The number of rotatable bonds is 6. The lowest BCUT2D eigenvalue weighted by molar-refractivity contribution is -0.870. The lowest BCUT2D eigenvalue weighted by Gasteiger charge is -2.23. The van der Waals surface area contributed by atoms with Crippen LogP contribution in [0.2, 0.25) is 10.0 Å². The van der Waals surface area contributed by atoms with E-state index in [2.05, 4.69) is 0 Å². The van der Waals surface area contributed by atoms with Crippen molar-refractivity contribution >= 4 is 29.2 Å². The number of hydrogen-bond acceptors (Lipinski definition) is 3. The number of likely N-dealkylation sites (N-methyl/N-ethyl adjacent to an activating group) is 1. The molecule has 1 aromatic rings. The Labute approximate surface area is 123 Å². The summed E-state index contributed by atoms with van der Waals surface area (Å²) in [5.74, 6) is -0.00548. The zero-order valence-corrected chi connectivity index (χ0v) is 12.8. The van der Waals surface area contributed by atoms with Crippen LogP contribution in [0.1, 0.15) is 0 Å². The van der Waals surface area contributed by atoms with Crippen molar-refractivity contribution in [3.63, 3.8) is 0 Å². The molecular weight excluding hydrogens is 289 g/mol. The van der Waals surface area contributed by atoms with Gasteiger partial charge < -0.3 is 14.0 Å². The lowest BCUT2D eigenvalue weighted by atomic mass is 10.3. The number of halogens is 2. The molecule has 0 unspecified atom stereocenters. The van der Waals surface area contributed by atoms with E-state index in [0.717, 1.165) is 11.0 Å². The van der Waals surface area contributed by atoms with Crippen LogP contribution in [-0.4, -0.2) is 51.4 Å². The highest BCUT2D eigenvalue weighted by Gasteiger charge is 2.11. The lowest BCUT2D eigenvalue weighted by Crippen LogP contribution is -2.38. The summed E-state index contributed by atoms with van der Waals surface area (Å²) in [6.07, 6.45) is 0. The monoisotopic (exact) mass is 306 g/mol. The predicted molar refractivity (Wildman–Crippen MR) is 75.8 cm³/mol. The van der Waals surface area contributed by atoms with Gasteiger partial charge in [-0.2, -0.15) is 0 Å². The summed E-state index contributed by atoms with van der Waals surface area (Å²) in [7, 11) is 6.08. The van der Waals surface area contributed by atoms with Crippen molar-refractivity contribution in [1.29, 1.82) is 0 Å². The van der Waals surface area contributed by atoms with Crippen molar-refractivity contribution in [3.8, 4) is 5.75 Å². The molecule has 0 N–H and O–H groups in total. The van der Waals surface area contributed by atoms with Gasteiger partial charge in [0.15, 0.2) is 6.61 Å². The average molecular weight is 307 g/mol. The first-order valence-corrected chi connectivity index (χ1v) is 6.57. The number of benzene rings is 1. The highest BCUT2D eigenvalue weighted by molar-refractivity contribution is 6.35. The van der Waals surface area contributed by atoms with Crippen molar-refractivity contribution < 1.29 is 18.8 Å². The van der Waals surface area contributed by atoms with Crippen LogP contribution in [0.15, 0.2) is 18.2 Å². The normalized spacial score (nSPS) is 11.2. The molecule has 106 valence electrons. The van der Waals surface area contributed by atoms with Crippen LogP contribution < -0.4 is 4.74 Å². The first-order valence-electron chi connectivity index (χ1n) is 5.82. The van der Waals surface area contributed by atoms with Gasteiger partial charge in [0.05, 0.1) is 26.2 Å². The third kappa shape index (κ3) is 6.66. The Morgan fingerprint density at radius 3 is 2.53 bits per heavy atom. The third-order valence-corrected chi connectivity index (χ3v) is 2.80. The van der Waals surface area contributed by atoms with Crippen molar-refractivity contribution in [3.05, 3.63) is 28.2 Å². The van der Waals surface area contributed by atoms with Gasteiger partial charge in [0, 0.05) is 5.02 Å². The minimum absolute atomic E-state index is 0.168. The van der Waals surface area contributed by atoms with E-state index in [4.69, 9.17) is 32.7 Å². The molecule has 0 heterocycles. The summed E-state index contributed by atoms with van der Waals surface area (Å²) < 4.78 is 11.1. The van der Waals surface area contributed by atoms with Crippen LogP contribution in [0, 0.1) is 0 Å². The minimum atomic E-state index is -0.417. The van der Waals surface area contributed by atoms with Gasteiger partial charge in [-0.3, -0.25) is 0 Å². The third-order valence-electron chi connectivity index (χ3n) is 2.26. The van der Waals surface area contributed by atoms with Crippen molar-refractivity contribution in [2.45, 2.75) is 0 Å². The first-order chi connectivity index (χ1) is 8.78. The van der Waals surface area contributed by atoms with Crippen LogP contribution in [0.4, 0.5) is 0 Å². The van der Waals surface area contributed by atoms with Crippen molar-refractivity contribution in [1.82, 2.24) is 0 Å². The van der Waals surface area contributed by atoms with E-state index in [1.165, 1.54) is 0 Å². The fourth-order valence-electron chi connectivity index (χ4n) is 1.20. The highest BCUT2D eigenvalue weighted by atomic mass is 35.5. The minimum Gasteiger partial charge on any atom is -0.480 e. The number of carbonyl (C=O) groups excluding carboxylic acids is 1. The Morgan fingerprint density at radius 2 is 1.95 bits per heavy atom. The van der Waals surface area contributed by atoms with E-state index in [1.54, 1.807) is 18.2 Å². The van der Waals surface area contributed by atoms with Gasteiger partial charge in [0.25, 0.3) is 0 Å². The SMILES string of the molecule is C[N+](C)(C)CCOC(=O)COc1ccc(Cl)cc1Cl. The van der Waals surface area contributed by atoms with Gasteiger partial charge in [-0.05, 0) is 18.2 Å². The van der Waals surface area contributed by atoms with Gasteiger partial charge in [0.2, 0.25) is 0 Å². The van der Waals surface area contributed by atoms with Crippen LogP contribution >= 0.6 is 23.2 Å². The molecular formula is C13H18Cl2NO3+. The standard InChI is InChI=1S/C13H18Cl2NO3/c1-16(2,3)6-7-18-13(17)9-19-12-5-4-10(14)8-11(12)15/h4-5,8H,6-7,9H2,1-3H3/q+1. The van der Waals surface area contributed by atoms with Crippen LogP contribution in [-0.2, 0) is 9.53 Å². The fraction of sp³-hybridized carbons (Fsp3) is 0.462. The summed E-state index contributed by atoms with van der Waals surface area (Å²) >= 11 is 11.7. The van der Waals surface area contributed by atoms with Crippen LogP contribution in [0.5, 0.6) is 5.75 Å². The summed E-state index contributed by atoms with van der Waals surface area (Å²) in [6, 6.07) is 4.82. The summed E-state index contributed by atoms with van der Waals surface area (Å²) in [5.41, 5.74) is 0. The van der Waals surface area contributed by atoms with Gasteiger partial charge >= 0.3 is 5.97 Å². The Morgan fingerprint density at radius 1 is 1.26 bits per heavy atom. The quantitative estimate of drug-likeness (QED) is 0.599. The Balaban J connectivity index is 2.34. The Hall–Kier alpha value is -0.970. The largest absolute Gasteiger partial charge is 0.480 e. The van der Waals surface area contributed by atoms with E-state index in [9.17, 15) is 4.79 Å². The highest BCUT2D eigenvalue weighted by Crippen LogP contribution is 2.27. The fourth-order valence-corrected chi connectivity index (χ4v) is 1.67. The number of nitrogens with zero attached hydrogens (tertiary/aromatic N) is 1. The summed E-state index contributed by atoms with van der Waals surface area (Å²) in [5, 5.41) is 0.884. The molecule has 0 saturated carbocycles. The molecule has 0 bridgehead atoms. The molecule has 6 heteroatoms. The molecule has 0 atom stereocenters. The zero-order valence-electron chi connectivity index (χ0n) is 11.3. The molecule has 0 amide bonds. The Bertz CT molecular complexity index is 444. The summed E-state index contributed by atoms with van der Waals surface area (Å²) in [6.45, 7) is 0.936. The molecule has 0 saturated heterocycles. The van der Waals surface area contributed by atoms with Gasteiger partial charge in [-0.15, -0.1) is 0 Å². The molecule has 0 spiro atoms. The molecule has 0 aliphatic carbocycles. The maximum atomic E-state index is 11.5. The molecule has 19 heavy (non-hydrogen) atoms. The molecule has 1 rings (SSSR count). The molecule has 0 aromatic heterocycles. The maximum Gasteiger partial charge on any atom is 0.344 e. The van der Waals surface area contributed by atoms with E-state index < -0.39 is 5.97 Å². The molecule has 0 aliphatic heterocycles. The van der Waals surface area contributed by atoms with E-state index in [-0.39, 0.29) is 6.61 Å². The van der Waals surface area contributed by atoms with Gasteiger partial charge in [-0.25, -0.2) is 4.79 Å². The second kappa shape index (κ2) is 6.98. The molecule has 1 aromatic carbocycles. The molecule has 0 aliphatic rings. The number of quaternary nitrogens is 1. The number of ether oxygens (including phenoxy) is 2. The second-order valence-electron chi connectivity index (χ2n) is 5.10. The van der Waals surface area contributed by atoms with Crippen molar-refractivity contribution in [2.24, 2.45) is 0 Å². The first kappa shape index (κ1) is 16.1. The van der Waals surface area contributed by atoms with Crippen LogP contribution in [0.25, 0.3) is 0 Å². The smallest absolute Gasteiger partial charge is 0.344 e. The second-order valence-corrected chi connectivity index (χ2v) is 5.94. The molecule has 0 radical (unpaired) electrons. The Kier molecular flexibility index (Phi) is 5.91. The topological polar surface area (TPSA) is 35.5 Å². The zero-order chi connectivity index (χ0) is 14.5. The number of carbonyl (C=O) groups is 1. The van der Waals surface area contributed by atoms with Gasteiger partial charge in [0.1, 0.15) is 18.9 Å². The van der Waals surface area contributed by atoms with Gasteiger partial charge in [-0.1, -0.05) is 23.2 Å². The average Bonchev–Trinajstić information content (AvgIpc) is 2.26. The van der Waals surface area contributed by atoms with Crippen molar-refractivity contribution in [2.75, 3.05) is 40.9 Å². The van der Waals surface area contributed by atoms with Crippen LogP contribution in [0.3, 0.4) is 0 Å². The maximum absolute atomic E-state index is 11.5. The number of esters is 1. The summed E-state index contributed by atoms with van der Waals surface area (Å²) in [4.78, 5) is 11.5. The molecule has 4 nitrogen and oxygen atoms in total.